The first-order valence-corrected chi connectivity index (χ1v) is 9.08. The summed E-state index contributed by atoms with van der Waals surface area (Å²) >= 11 is 0. The van der Waals surface area contributed by atoms with Gasteiger partial charge in [0.05, 0.1) is 7.11 Å². The second-order valence-electron chi connectivity index (χ2n) is 6.73. The van der Waals surface area contributed by atoms with Crippen molar-refractivity contribution in [2.24, 2.45) is 0 Å². The average molecular weight is 324 g/mol. The Balaban J connectivity index is 1.86. The van der Waals surface area contributed by atoms with Crippen LogP contribution in [0.2, 0.25) is 0 Å². The molecule has 128 valence electrons. The molecule has 0 spiro atoms. The molecule has 1 heterocycles. The molecule has 3 nitrogen and oxygen atoms in total. The van der Waals surface area contributed by atoms with Crippen molar-refractivity contribution in [3.63, 3.8) is 0 Å². The maximum Gasteiger partial charge on any atom is 0.122 e. The summed E-state index contributed by atoms with van der Waals surface area (Å²) in [6.07, 6.45) is 13.4. The monoisotopic (exact) mass is 324 g/mol. The van der Waals surface area contributed by atoms with Gasteiger partial charge in [-0.2, -0.15) is 0 Å². The second kappa shape index (κ2) is 7.69. The predicted molar refractivity (Wildman–Crippen MR) is 99.5 cm³/mol. The molecule has 2 aromatic rings. The number of benzene rings is 1. The lowest BCUT2D eigenvalue weighted by Crippen LogP contribution is -2.08. The van der Waals surface area contributed by atoms with Crippen LogP contribution in [0.5, 0.6) is 5.75 Å². The van der Waals surface area contributed by atoms with E-state index in [4.69, 9.17) is 4.74 Å². The molecule has 0 saturated heterocycles. The topological polar surface area (TPSA) is 27.1 Å². The molecule has 3 heteroatoms. The van der Waals surface area contributed by atoms with Crippen molar-refractivity contribution in [1.29, 1.82) is 0 Å². The fourth-order valence-electron chi connectivity index (χ4n) is 3.70. The quantitative estimate of drug-likeness (QED) is 0.761. The van der Waals surface area contributed by atoms with Crippen molar-refractivity contribution in [3.8, 4) is 5.75 Å². The van der Waals surface area contributed by atoms with Crippen molar-refractivity contribution >= 4 is 6.08 Å². The van der Waals surface area contributed by atoms with Gasteiger partial charge in [-0.05, 0) is 61.8 Å². The lowest BCUT2D eigenvalue weighted by atomic mass is 9.87. The standard InChI is InChI=1S/C21H28N2O/c1-4-7-21-22-12-13-23(21)15-16(2)14-17-10-11-20(24-3)19-9-6-5-8-18(17)19/h10-14H,4-9,15H2,1-3H3/b16-14+. The zero-order valence-corrected chi connectivity index (χ0v) is 15.1. The minimum atomic E-state index is 0.913. The number of aryl methyl sites for hydroxylation is 1. The van der Waals surface area contributed by atoms with Crippen LogP contribution in [-0.4, -0.2) is 16.7 Å². The van der Waals surface area contributed by atoms with E-state index in [2.05, 4.69) is 47.8 Å². The van der Waals surface area contributed by atoms with Gasteiger partial charge in [-0.1, -0.05) is 24.6 Å². The minimum Gasteiger partial charge on any atom is -0.496 e. The molecule has 0 atom stereocenters. The summed E-state index contributed by atoms with van der Waals surface area (Å²) in [4.78, 5) is 4.48. The molecule has 0 aliphatic heterocycles. The molecule has 3 rings (SSSR count). The zero-order valence-electron chi connectivity index (χ0n) is 15.1. The van der Waals surface area contributed by atoms with Crippen LogP contribution in [0.3, 0.4) is 0 Å². The molecule has 0 unspecified atom stereocenters. The smallest absolute Gasteiger partial charge is 0.122 e. The molecular weight excluding hydrogens is 296 g/mol. The van der Waals surface area contributed by atoms with Gasteiger partial charge in [0.1, 0.15) is 11.6 Å². The molecule has 0 bridgehead atoms. The number of methoxy groups -OCH3 is 1. The summed E-state index contributed by atoms with van der Waals surface area (Å²) in [6.45, 7) is 5.33. The average Bonchev–Trinajstić information content (AvgIpc) is 3.02. The number of rotatable bonds is 6. The number of ether oxygens (including phenoxy) is 1. The maximum absolute atomic E-state index is 5.57. The van der Waals surface area contributed by atoms with Crippen LogP contribution in [0.4, 0.5) is 0 Å². The number of hydrogen-bond donors (Lipinski definition) is 0. The Bertz CT molecular complexity index is 727. The molecule has 0 fully saturated rings. The van der Waals surface area contributed by atoms with E-state index >= 15 is 0 Å². The summed E-state index contributed by atoms with van der Waals surface area (Å²) in [5, 5.41) is 0. The van der Waals surface area contributed by atoms with Crippen LogP contribution in [0.1, 0.15) is 55.6 Å². The van der Waals surface area contributed by atoms with E-state index in [-0.39, 0.29) is 0 Å². The Morgan fingerprint density at radius 2 is 2.04 bits per heavy atom. The first-order chi connectivity index (χ1) is 11.7. The third-order valence-electron chi connectivity index (χ3n) is 4.84. The summed E-state index contributed by atoms with van der Waals surface area (Å²) in [5.41, 5.74) is 5.63. The van der Waals surface area contributed by atoms with E-state index in [1.165, 1.54) is 40.9 Å². The molecule has 1 aromatic carbocycles. The Morgan fingerprint density at radius 3 is 2.79 bits per heavy atom. The number of allylic oxidation sites excluding steroid dienone is 1. The molecule has 0 radical (unpaired) electrons. The van der Waals surface area contributed by atoms with E-state index in [0.717, 1.165) is 38.0 Å². The van der Waals surface area contributed by atoms with Gasteiger partial charge in [0.2, 0.25) is 0 Å². The fourth-order valence-corrected chi connectivity index (χ4v) is 3.70. The molecule has 24 heavy (non-hydrogen) atoms. The Hall–Kier alpha value is -2.03. The third-order valence-corrected chi connectivity index (χ3v) is 4.84. The predicted octanol–water partition coefficient (Wildman–Crippen LogP) is 4.83. The fraction of sp³-hybridized carbons (Fsp3) is 0.476. The number of aromatic nitrogens is 2. The van der Waals surface area contributed by atoms with Gasteiger partial charge in [-0.25, -0.2) is 4.98 Å². The van der Waals surface area contributed by atoms with Crippen LogP contribution in [-0.2, 0) is 25.8 Å². The molecule has 1 aliphatic carbocycles. The number of hydrogen-bond acceptors (Lipinski definition) is 2. The SMILES string of the molecule is CCCc1nccn1C/C(C)=C/c1ccc(OC)c2c1CCCC2. The Kier molecular flexibility index (Phi) is 5.39. The van der Waals surface area contributed by atoms with Gasteiger partial charge in [-0.15, -0.1) is 0 Å². The van der Waals surface area contributed by atoms with Gasteiger partial charge in [0.25, 0.3) is 0 Å². The van der Waals surface area contributed by atoms with Gasteiger partial charge in [0, 0.05) is 25.4 Å². The van der Waals surface area contributed by atoms with Gasteiger partial charge in [0.15, 0.2) is 0 Å². The summed E-state index contributed by atoms with van der Waals surface area (Å²) in [7, 11) is 1.78. The Labute approximate surface area is 145 Å². The van der Waals surface area contributed by atoms with Crippen LogP contribution >= 0.6 is 0 Å². The van der Waals surface area contributed by atoms with Crippen molar-refractivity contribution in [2.45, 2.75) is 58.9 Å². The number of imidazole rings is 1. The van der Waals surface area contributed by atoms with E-state index in [0.29, 0.717) is 0 Å². The van der Waals surface area contributed by atoms with E-state index in [1.54, 1.807) is 7.11 Å². The van der Waals surface area contributed by atoms with Crippen LogP contribution in [0.15, 0.2) is 30.1 Å². The number of fused-ring (bicyclic) bond motifs is 1. The summed E-state index contributed by atoms with van der Waals surface area (Å²) < 4.78 is 7.84. The largest absolute Gasteiger partial charge is 0.496 e. The molecule has 1 aromatic heterocycles. The molecular formula is C21H28N2O. The highest BCUT2D eigenvalue weighted by atomic mass is 16.5. The highest BCUT2D eigenvalue weighted by Crippen LogP contribution is 2.33. The van der Waals surface area contributed by atoms with E-state index in [1.807, 2.05) is 6.20 Å². The molecule has 0 N–H and O–H groups in total. The third kappa shape index (κ3) is 3.55. The number of nitrogens with zero attached hydrogens (tertiary/aromatic N) is 2. The summed E-state index contributed by atoms with van der Waals surface area (Å²) in [5.74, 6) is 2.24. The van der Waals surface area contributed by atoms with Crippen molar-refractivity contribution in [2.75, 3.05) is 7.11 Å². The van der Waals surface area contributed by atoms with Crippen LogP contribution < -0.4 is 4.74 Å². The lowest BCUT2D eigenvalue weighted by molar-refractivity contribution is 0.406. The Morgan fingerprint density at radius 1 is 1.25 bits per heavy atom. The van der Waals surface area contributed by atoms with E-state index in [9.17, 15) is 0 Å². The highest BCUT2D eigenvalue weighted by molar-refractivity contribution is 5.61. The van der Waals surface area contributed by atoms with Crippen LogP contribution in [0, 0.1) is 0 Å². The lowest BCUT2D eigenvalue weighted by Gasteiger charge is -2.21. The van der Waals surface area contributed by atoms with Crippen molar-refractivity contribution in [1.82, 2.24) is 9.55 Å². The van der Waals surface area contributed by atoms with Gasteiger partial charge >= 0.3 is 0 Å². The molecule has 0 amide bonds. The van der Waals surface area contributed by atoms with Crippen molar-refractivity contribution in [3.05, 3.63) is 52.6 Å². The highest BCUT2D eigenvalue weighted by Gasteiger charge is 2.16. The molecule has 1 aliphatic rings. The second-order valence-corrected chi connectivity index (χ2v) is 6.73. The van der Waals surface area contributed by atoms with Gasteiger partial charge in [-0.3, -0.25) is 0 Å². The van der Waals surface area contributed by atoms with Crippen LogP contribution in [0.25, 0.3) is 6.08 Å². The van der Waals surface area contributed by atoms with Crippen molar-refractivity contribution < 1.29 is 4.74 Å². The normalized spacial score (nSPS) is 14.5. The minimum absolute atomic E-state index is 0.913. The first-order valence-electron chi connectivity index (χ1n) is 9.08. The first kappa shape index (κ1) is 16.8. The summed E-state index contributed by atoms with van der Waals surface area (Å²) in [6, 6.07) is 4.34. The zero-order chi connectivity index (χ0) is 16.9. The van der Waals surface area contributed by atoms with Gasteiger partial charge < -0.3 is 9.30 Å². The maximum atomic E-state index is 5.57. The molecule has 0 saturated carbocycles. The van der Waals surface area contributed by atoms with E-state index < -0.39 is 0 Å².